The number of rotatable bonds is 8. The lowest BCUT2D eigenvalue weighted by molar-refractivity contribution is -0.115. The zero-order valence-electron chi connectivity index (χ0n) is 17.2. The van der Waals surface area contributed by atoms with Gasteiger partial charge in [-0.25, -0.2) is 5.43 Å². The van der Waals surface area contributed by atoms with Gasteiger partial charge in [0, 0.05) is 23.2 Å². The predicted octanol–water partition coefficient (Wildman–Crippen LogP) is 4.44. The van der Waals surface area contributed by atoms with Crippen LogP contribution in [0.25, 0.3) is 0 Å². The van der Waals surface area contributed by atoms with Crippen molar-refractivity contribution in [1.29, 1.82) is 0 Å². The molecular formula is C25H23N3O3. The molecular weight excluding hydrogens is 390 g/mol. The molecule has 0 aliphatic carbocycles. The Hall–Kier alpha value is -4.06. The van der Waals surface area contributed by atoms with E-state index in [-0.39, 0.29) is 18.1 Å². The van der Waals surface area contributed by atoms with E-state index in [1.54, 1.807) is 55.5 Å². The van der Waals surface area contributed by atoms with Gasteiger partial charge in [0.05, 0.1) is 12.1 Å². The molecule has 3 rings (SSSR count). The number of Topliss-reactive ketones (excluding diaryl/α,β-unsaturated/α-hetero) is 1. The quantitative estimate of drug-likeness (QED) is 0.325. The topological polar surface area (TPSA) is 87.6 Å². The van der Waals surface area contributed by atoms with Gasteiger partial charge in [0.25, 0.3) is 5.91 Å². The molecule has 0 saturated heterocycles. The Morgan fingerprint density at radius 2 is 1.32 bits per heavy atom. The van der Waals surface area contributed by atoms with E-state index < -0.39 is 5.91 Å². The van der Waals surface area contributed by atoms with Crippen LogP contribution < -0.4 is 10.7 Å². The maximum atomic E-state index is 12.7. The maximum Gasteiger partial charge on any atom is 0.271 e. The third-order valence-electron chi connectivity index (χ3n) is 4.58. The summed E-state index contributed by atoms with van der Waals surface area (Å²) in [6.07, 6.45) is 0.428. The fourth-order valence-electron chi connectivity index (χ4n) is 2.85. The Bertz CT molecular complexity index is 1080. The summed E-state index contributed by atoms with van der Waals surface area (Å²) in [5.41, 5.74) is 5.35. The van der Waals surface area contributed by atoms with E-state index in [4.69, 9.17) is 0 Å². The summed E-state index contributed by atoms with van der Waals surface area (Å²) in [6, 6.07) is 24.7. The van der Waals surface area contributed by atoms with E-state index in [2.05, 4.69) is 15.8 Å². The van der Waals surface area contributed by atoms with E-state index in [0.717, 1.165) is 5.56 Å². The van der Waals surface area contributed by atoms with Crippen LogP contribution in [0.3, 0.4) is 0 Å². The fourth-order valence-corrected chi connectivity index (χ4v) is 2.85. The van der Waals surface area contributed by atoms with E-state index in [0.29, 0.717) is 28.9 Å². The lowest BCUT2D eigenvalue weighted by Crippen LogP contribution is -2.21. The molecule has 0 spiro atoms. The minimum Gasteiger partial charge on any atom is -0.326 e. The summed E-state index contributed by atoms with van der Waals surface area (Å²) in [7, 11) is 0. The molecule has 3 aromatic rings. The molecule has 2 amide bonds. The van der Waals surface area contributed by atoms with Gasteiger partial charge in [-0.15, -0.1) is 0 Å². The Balaban J connectivity index is 1.75. The van der Waals surface area contributed by atoms with Crippen molar-refractivity contribution in [3.63, 3.8) is 0 Å². The van der Waals surface area contributed by atoms with Crippen LogP contribution in [0.4, 0.5) is 5.69 Å². The monoisotopic (exact) mass is 413 g/mol. The number of anilines is 1. The van der Waals surface area contributed by atoms with Gasteiger partial charge in [-0.3, -0.25) is 14.4 Å². The highest BCUT2D eigenvalue weighted by molar-refractivity contribution is 6.16. The maximum absolute atomic E-state index is 12.7. The van der Waals surface area contributed by atoms with Crippen LogP contribution in [0.2, 0.25) is 0 Å². The number of carbonyl (C=O) groups excluding carboxylic acids is 3. The zero-order valence-corrected chi connectivity index (χ0v) is 17.2. The third-order valence-corrected chi connectivity index (χ3v) is 4.58. The number of carbonyl (C=O) groups is 3. The van der Waals surface area contributed by atoms with Crippen molar-refractivity contribution in [1.82, 2.24) is 5.43 Å². The number of ketones is 1. The van der Waals surface area contributed by atoms with Gasteiger partial charge in [0.1, 0.15) is 0 Å². The van der Waals surface area contributed by atoms with Crippen LogP contribution >= 0.6 is 0 Å². The average Bonchev–Trinajstić information content (AvgIpc) is 2.82. The van der Waals surface area contributed by atoms with Crippen LogP contribution in [-0.2, 0) is 4.79 Å². The molecule has 6 heteroatoms. The number of hydrogen-bond acceptors (Lipinski definition) is 4. The van der Waals surface area contributed by atoms with E-state index >= 15 is 0 Å². The number of hydrazone groups is 1. The SMILES string of the molecule is CCC(=O)Nc1ccc(C(=O)NN=C(CC(=O)c2ccccc2)c2ccccc2)cc1. The standard InChI is InChI=1S/C25H23N3O3/c1-2-24(30)26-21-15-13-20(14-16-21)25(31)28-27-22(18-9-5-3-6-10-18)17-23(29)19-11-7-4-8-12-19/h3-16H,2,17H2,1H3,(H,26,30)(H,28,31). The first kappa shape index (κ1) is 21.6. The van der Waals surface area contributed by atoms with Crippen molar-refractivity contribution in [3.8, 4) is 0 Å². The minimum atomic E-state index is -0.408. The molecule has 31 heavy (non-hydrogen) atoms. The number of amides is 2. The largest absolute Gasteiger partial charge is 0.326 e. The van der Waals surface area contributed by atoms with E-state index in [9.17, 15) is 14.4 Å². The summed E-state index contributed by atoms with van der Waals surface area (Å²) in [6.45, 7) is 1.77. The highest BCUT2D eigenvalue weighted by Gasteiger charge is 2.13. The molecule has 0 fully saturated rings. The molecule has 0 unspecified atom stereocenters. The van der Waals surface area contributed by atoms with E-state index in [1.165, 1.54) is 0 Å². The van der Waals surface area contributed by atoms with Crippen LogP contribution in [0.1, 0.15) is 46.0 Å². The first-order valence-electron chi connectivity index (χ1n) is 9.97. The molecule has 0 saturated carbocycles. The van der Waals surface area contributed by atoms with E-state index in [1.807, 2.05) is 36.4 Å². The van der Waals surface area contributed by atoms with Crippen LogP contribution in [0, 0.1) is 0 Å². The zero-order chi connectivity index (χ0) is 22.1. The molecule has 0 aliphatic rings. The van der Waals surface area contributed by atoms with Crippen molar-refractivity contribution >= 4 is 29.0 Å². The van der Waals surface area contributed by atoms with Gasteiger partial charge in [-0.05, 0) is 29.8 Å². The Morgan fingerprint density at radius 3 is 1.90 bits per heavy atom. The van der Waals surface area contributed by atoms with Crippen molar-refractivity contribution < 1.29 is 14.4 Å². The Kier molecular flexibility index (Phi) is 7.43. The smallest absolute Gasteiger partial charge is 0.271 e. The minimum absolute atomic E-state index is 0.0519. The van der Waals surface area contributed by atoms with Gasteiger partial charge in [0.15, 0.2) is 5.78 Å². The predicted molar refractivity (Wildman–Crippen MR) is 121 cm³/mol. The first-order valence-corrected chi connectivity index (χ1v) is 9.97. The summed E-state index contributed by atoms with van der Waals surface area (Å²) in [4.78, 5) is 36.7. The molecule has 0 aliphatic heterocycles. The van der Waals surface area contributed by atoms with Crippen LogP contribution in [0.5, 0.6) is 0 Å². The normalized spacial score (nSPS) is 10.9. The van der Waals surface area contributed by atoms with Crippen molar-refractivity contribution in [2.75, 3.05) is 5.32 Å². The molecule has 0 heterocycles. The molecule has 0 atom stereocenters. The second kappa shape index (κ2) is 10.6. The second-order valence-electron chi connectivity index (χ2n) is 6.81. The highest BCUT2D eigenvalue weighted by atomic mass is 16.2. The molecule has 0 bridgehead atoms. The van der Waals surface area contributed by atoms with Crippen molar-refractivity contribution in [2.45, 2.75) is 19.8 Å². The molecule has 156 valence electrons. The summed E-state index contributed by atoms with van der Waals surface area (Å²) in [5, 5.41) is 6.98. The van der Waals surface area contributed by atoms with Gasteiger partial charge in [0.2, 0.25) is 5.91 Å². The lowest BCUT2D eigenvalue weighted by Gasteiger charge is -2.08. The lowest BCUT2D eigenvalue weighted by atomic mass is 10.0. The number of nitrogens with one attached hydrogen (secondary N) is 2. The highest BCUT2D eigenvalue weighted by Crippen LogP contribution is 2.12. The average molecular weight is 413 g/mol. The molecule has 0 aromatic heterocycles. The number of hydrogen-bond donors (Lipinski definition) is 2. The molecule has 2 N–H and O–H groups in total. The van der Waals surface area contributed by atoms with Crippen LogP contribution in [-0.4, -0.2) is 23.3 Å². The molecule has 6 nitrogen and oxygen atoms in total. The van der Waals surface area contributed by atoms with Crippen molar-refractivity contribution in [3.05, 3.63) is 102 Å². The Morgan fingerprint density at radius 1 is 0.742 bits per heavy atom. The van der Waals surface area contributed by atoms with Crippen LogP contribution in [0.15, 0.2) is 90.0 Å². The van der Waals surface area contributed by atoms with Gasteiger partial charge >= 0.3 is 0 Å². The third kappa shape index (κ3) is 6.21. The van der Waals surface area contributed by atoms with Gasteiger partial charge in [-0.2, -0.15) is 5.10 Å². The number of benzene rings is 3. The first-order chi connectivity index (χ1) is 15.1. The fraction of sp³-hybridized carbons (Fsp3) is 0.120. The number of nitrogens with zero attached hydrogens (tertiary/aromatic N) is 1. The second-order valence-corrected chi connectivity index (χ2v) is 6.81. The van der Waals surface area contributed by atoms with Crippen molar-refractivity contribution in [2.24, 2.45) is 5.10 Å². The molecule has 3 aromatic carbocycles. The summed E-state index contributed by atoms with van der Waals surface area (Å²) < 4.78 is 0. The van der Waals surface area contributed by atoms with Gasteiger partial charge in [-0.1, -0.05) is 67.6 Å². The summed E-state index contributed by atoms with van der Waals surface area (Å²) >= 11 is 0. The van der Waals surface area contributed by atoms with Gasteiger partial charge < -0.3 is 5.32 Å². The summed E-state index contributed by atoms with van der Waals surface area (Å²) in [5.74, 6) is -0.597. The molecule has 0 radical (unpaired) electrons. The Labute approximate surface area is 181 Å².